The van der Waals surface area contributed by atoms with Gasteiger partial charge in [-0.2, -0.15) is 0 Å². The fourth-order valence-electron chi connectivity index (χ4n) is 3.13. The third-order valence-corrected chi connectivity index (χ3v) is 7.13. The van der Waals surface area contributed by atoms with Gasteiger partial charge in [-0.05, 0) is 66.7 Å². The largest absolute Gasteiger partial charge is 0.320 e. The molecule has 37 heavy (non-hydrogen) atoms. The lowest BCUT2D eigenvalue weighted by atomic mass is 10.2. The average molecular weight is 577 g/mol. The van der Waals surface area contributed by atoms with E-state index in [1.807, 2.05) is 0 Å². The molecule has 4 rings (SSSR count). The molecule has 0 saturated heterocycles. The van der Waals surface area contributed by atoms with Crippen LogP contribution < -0.4 is 15.4 Å². The van der Waals surface area contributed by atoms with Gasteiger partial charge >= 0.3 is 0 Å². The van der Waals surface area contributed by atoms with Crippen molar-refractivity contribution < 1.29 is 18.0 Å². The zero-order valence-corrected chi connectivity index (χ0v) is 21.7. The lowest BCUT2D eigenvalue weighted by molar-refractivity contribution is 0.101. The van der Waals surface area contributed by atoms with Crippen LogP contribution in [0, 0.1) is 0 Å². The van der Waals surface area contributed by atoms with Crippen LogP contribution >= 0.6 is 34.8 Å². The Morgan fingerprint density at radius 3 is 1.78 bits per heavy atom. The van der Waals surface area contributed by atoms with E-state index in [-0.39, 0.29) is 43.4 Å². The molecule has 0 bridgehead atoms. The molecule has 2 aromatic carbocycles. The van der Waals surface area contributed by atoms with Crippen LogP contribution in [0.25, 0.3) is 0 Å². The standard InChI is InChI=1S/C24H16Cl3N5O4S/c25-14-5-7-15(8-6-14)32-37(35,36)16-9-10-19(30-23(33)17-3-1-11-28-21(17)26)20(13-16)31-24(34)18-4-2-12-29-22(18)27/h1-13,32H,(H,30,33)(H,31,34). The lowest BCUT2D eigenvalue weighted by Gasteiger charge is -2.15. The van der Waals surface area contributed by atoms with Gasteiger partial charge in [0.05, 0.1) is 27.4 Å². The Labute approximate surface area is 226 Å². The Bertz CT molecular complexity index is 1600. The Morgan fingerprint density at radius 1 is 0.703 bits per heavy atom. The first kappa shape index (κ1) is 26.4. The SMILES string of the molecule is O=C(Nc1ccc(S(=O)(=O)Nc2ccc(Cl)cc2)cc1NC(=O)c1cccnc1Cl)c1cccnc1Cl. The minimum absolute atomic E-state index is 0.0164. The molecule has 3 N–H and O–H groups in total. The maximum absolute atomic E-state index is 13.0. The monoisotopic (exact) mass is 575 g/mol. The van der Waals surface area contributed by atoms with E-state index in [9.17, 15) is 18.0 Å². The van der Waals surface area contributed by atoms with Gasteiger partial charge in [-0.15, -0.1) is 0 Å². The number of anilines is 3. The molecule has 0 aliphatic rings. The van der Waals surface area contributed by atoms with Gasteiger partial charge in [0.2, 0.25) is 0 Å². The van der Waals surface area contributed by atoms with E-state index in [0.29, 0.717) is 5.02 Å². The van der Waals surface area contributed by atoms with Gasteiger partial charge in [-0.25, -0.2) is 18.4 Å². The second-order valence-corrected chi connectivity index (χ2v) is 10.2. The summed E-state index contributed by atoms with van der Waals surface area (Å²) in [4.78, 5) is 33.3. The number of amides is 2. The van der Waals surface area contributed by atoms with E-state index >= 15 is 0 Å². The quantitative estimate of drug-likeness (QED) is 0.241. The van der Waals surface area contributed by atoms with Gasteiger partial charge < -0.3 is 10.6 Å². The molecular formula is C24H16Cl3N5O4S. The third-order valence-electron chi connectivity index (χ3n) is 4.90. The molecule has 2 heterocycles. The molecule has 0 saturated carbocycles. The number of pyridine rings is 2. The summed E-state index contributed by atoms with van der Waals surface area (Å²) in [5.74, 6) is -1.30. The number of carbonyl (C=O) groups excluding carboxylic acids is 2. The molecule has 0 spiro atoms. The van der Waals surface area contributed by atoms with E-state index in [2.05, 4.69) is 25.3 Å². The van der Waals surface area contributed by atoms with Crippen molar-refractivity contribution in [3.8, 4) is 0 Å². The molecule has 4 aromatic rings. The van der Waals surface area contributed by atoms with Crippen molar-refractivity contribution in [3.63, 3.8) is 0 Å². The highest BCUT2D eigenvalue weighted by atomic mass is 35.5. The molecule has 0 unspecified atom stereocenters. The van der Waals surface area contributed by atoms with Crippen LogP contribution in [0.15, 0.2) is 84.0 Å². The molecule has 0 atom stereocenters. The van der Waals surface area contributed by atoms with E-state index in [0.717, 1.165) is 0 Å². The first-order valence-electron chi connectivity index (χ1n) is 10.4. The predicted molar refractivity (Wildman–Crippen MR) is 143 cm³/mol. The highest BCUT2D eigenvalue weighted by Crippen LogP contribution is 2.29. The van der Waals surface area contributed by atoms with E-state index in [4.69, 9.17) is 34.8 Å². The fraction of sp³-hybridized carbons (Fsp3) is 0. The maximum atomic E-state index is 13.0. The molecule has 2 amide bonds. The van der Waals surface area contributed by atoms with Crippen molar-refractivity contribution in [3.05, 3.63) is 106 Å². The Balaban J connectivity index is 1.70. The van der Waals surface area contributed by atoms with Gasteiger partial charge in [0, 0.05) is 23.1 Å². The summed E-state index contributed by atoms with van der Waals surface area (Å²) >= 11 is 17.9. The number of halogens is 3. The third kappa shape index (κ3) is 6.36. The number of nitrogens with zero attached hydrogens (tertiary/aromatic N) is 2. The van der Waals surface area contributed by atoms with Gasteiger partial charge in [0.25, 0.3) is 21.8 Å². The number of nitrogens with one attached hydrogen (secondary N) is 3. The molecule has 13 heteroatoms. The summed E-state index contributed by atoms with van der Waals surface area (Å²) in [6.45, 7) is 0. The summed E-state index contributed by atoms with van der Waals surface area (Å²) in [5.41, 5.74) is 0.490. The van der Waals surface area contributed by atoms with Crippen LogP contribution in [0.3, 0.4) is 0 Å². The van der Waals surface area contributed by atoms with Crippen molar-refractivity contribution in [1.82, 2.24) is 9.97 Å². The summed E-state index contributed by atoms with van der Waals surface area (Å²) in [6, 6.07) is 15.8. The molecule has 0 radical (unpaired) electrons. The van der Waals surface area contributed by atoms with Crippen LogP contribution in [-0.4, -0.2) is 30.2 Å². The molecule has 0 fully saturated rings. The minimum Gasteiger partial charge on any atom is -0.320 e. The van der Waals surface area contributed by atoms with Crippen molar-refractivity contribution in [1.29, 1.82) is 0 Å². The molecule has 0 aliphatic heterocycles. The van der Waals surface area contributed by atoms with Crippen LogP contribution in [0.5, 0.6) is 0 Å². The smallest absolute Gasteiger partial charge is 0.261 e. The second-order valence-electron chi connectivity index (χ2n) is 7.41. The first-order valence-corrected chi connectivity index (χ1v) is 13.0. The number of rotatable bonds is 7. The zero-order valence-electron chi connectivity index (χ0n) is 18.6. The zero-order chi connectivity index (χ0) is 26.6. The van der Waals surface area contributed by atoms with Crippen molar-refractivity contribution in [2.45, 2.75) is 4.90 Å². The van der Waals surface area contributed by atoms with Crippen molar-refractivity contribution in [2.75, 3.05) is 15.4 Å². The topological polar surface area (TPSA) is 130 Å². The van der Waals surface area contributed by atoms with Crippen LogP contribution in [0.4, 0.5) is 17.1 Å². The second kappa shape index (κ2) is 11.1. The van der Waals surface area contributed by atoms with Crippen LogP contribution in [-0.2, 0) is 10.0 Å². The van der Waals surface area contributed by atoms with Gasteiger partial charge in [0.15, 0.2) is 0 Å². The number of carbonyl (C=O) groups is 2. The Hall–Kier alpha value is -3.70. The maximum Gasteiger partial charge on any atom is 0.261 e. The van der Waals surface area contributed by atoms with Crippen molar-refractivity contribution >= 4 is 73.7 Å². The van der Waals surface area contributed by atoms with Crippen LogP contribution in [0.2, 0.25) is 15.3 Å². The van der Waals surface area contributed by atoms with E-state index < -0.39 is 21.8 Å². The van der Waals surface area contributed by atoms with Crippen molar-refractivity contribution in [2.24, 2.45) is 0 Å². The van der Waals surface area contributed by atoms with Gasteiger partial charge in [0.1, 0.15) is 10.3 Å². The Kier molecular flexibility index (Phi) is 7.94. The number of hydrogen-bond acceptors (Lipinski definition) is 6. The van der Waals surface area contributed by atoms with E-state index in [1.54, 1.807) is 0 Å². The molecular weight excluding hydrogens is 561 g/mol. The fourth-order valence-corrected chi connectivity index (χ4v) is 4.75. The lowest BCUT2D eigenvalue weighted by Crippen LogP contribution is -2.19. The number of sulfonamides is 1. The minimum atomic E-state index is -4.09. The number of hydrogen-bond donors (Lipinski definition) is 3. The number of aromatic nitrogens is 2. The van der Waals surface area contributed by atoms with E-state index in [1.165, 1.54) is 79.1 Å². The van der Waals surface area contributed by atoms with Gasteiger partial charge in [-0.1, -0.05) is 34.8 Å². The number of benzene rings is 2. The molecule has 9 nitrogen and oxygen atoms in total. The summed E-state index contributed by atoms with van der Waals surface area (Å²) < 4.78 is 28.5. The predicted octanol–water partition coefficient (Wildman–Crippen LogP) is 5.74. The molecule has 0 aliphatic carbocycles. The average Bonchev–Trinajstić information content (AvgIpc) is 2.86. The summed E-state index contributed by atoms with van der Waals surface area (Å²) in [6.07, 6.45) is 2.84. The normalized spacial score (nSPS) is 11.0. The Morgan fingerprint density at radius 2 is 1.24 bits per heavy atom. The molecule has 2 aromatic heterocycles. The van der Waals surface area contributed by atoms with Gasteiger partial charge in [-0.3, -0.25) is 14.3 Å². The molecule has 188 valence electrons. The summed E-state index contributed by atoms with van der Waals surface area (Å²) in [7, 11) is -4.09. The summed E-state index contributed by atoms with van der Waals surface area (Å²) in [5, 5.41) is 5.56. The highest BCUT2D eigenvalue weighted by molar-refractivity contribution is 7.92. The van der Waals surface area contributed by atoms with Crippen LogP contribution in [0.1, 0.15) is 20.7 Å². The highest BCUT2D eigenvalue weighted by Gasteiger charge is 2.21. The first-order chi connectivity index (χ1) is 17.6.